The minimum Gasteiger partial charge on any atom is -0.345 e. The minimum absolute atomic E-state index is 0.0573. The van der Waals surface area contributed by atoms with Crippen LogP contribution in [0.15, 0.2) is 18.5 Å². The fourth-order valence-corrected chi connectivity index (χ4v) is 2.35. The van der Waals surface area contributed by atoms with Gasteiger partial charge in [0.1, 0.15) is 6.04 Å². The zero-order valence-corrected chi connectivity index (χ0v) is 11.5. The molecule has 2 rings (SSSR count). The predicted octanol–water partition coefficient (Wildman–Crippen LogP) is 1.36. The van der Waals surface area contributed by atoms with E-state index in [0.29, 0.717) is 18.0 Å². The molecule has 19 heavy (non-hydrogen) atoms. The summed E-state index contributed by atoms with van der Waals surface area (Å²) in [6, 6.07) is 1.36. The molecule has 102 valence electrons. The molecule has 1 aromatic rings. The highest BCUT2D eigenvalue weighted by atomic mass is 35.5. The zero-order valence-electron chi connectivity index (χ0n) is 10.7. The van der Waals surface area contributed by atoms with Crippen molar-refractivity contribution in [2.45, 2.75) is 32.4 Å². The van der Waals surface area contributed by atoms with Crippen molar-refractivity contribution in [2.75, 3.05) is 6.54 Å². The highest BCUT2D eigenvalue weighted by molar-refractivity contribution is 6.31. The summed E-state index contributed by atoms with van der Waals surface area (Å²) in [5, 5.41) is 3.13. The maximum atomic E-state index is 12.0. The van der Waals surface area contributed by atoms with Crippen LogP contribution >= 0.6 is 11.6 Å². The molecule has 0 radical (unpaired) electrons. The molecular formula is C13H16ClN3O2. The number of aromatic nitrogens is 1. The summed E-state index contributed by atoms with van der Waals surface area (Å²) in [6.07, 6.45) is 4.66. The normalized spacial score (nSPS) is 19.5. The van der Waals surface area contributed by atoms with Gasteiger partial charge in [-0.3, -0.25) is 14.6 Å². The van der Waals surface area contributed by atoms with Crippen LogP contribution in [0.5, 0.6) is 0 Å². The Kier molecular flexibility index (Phi) is 4.37. The number of nitrogens with one attached hydrogen (secondary N) is 1. The highest BCUT2D eigenvalue weighted by Gasteiger charge is 2.33. The molecule has 6 heteroatoms. The lowest BCUT2D eigenvalue weighted by atomic mass is 10.1. The topological polar surface area (TPSA) is 62.3 Å². The maximum absolute atomic E-state index is 12.0. The number of hydrogen-bond donors (Lipinski definition) is 1. The van der Waals surface area contributed by atoms with E-state index in [1.54, 1.807) is 23.4 Å². The number of pyridine rings is 1. The molecule has 5 nitrogen and oxygen atoms in total. The van der Waals surface area contributed by atoms with E-state index in [-0.39, 0.29) is 18.4 Å². The average Bonchev–Trinajstić information content (AvgIpc) is 2.40. The molecule has 1 aliphatic heterocycles. The molecular weight excluding hydrogens is 266 g/mol. The lowest BCUT2D eigenvalue weighted by Gasteiger charge is -2.35. The second-order valence-corrected chi connectivity index (χ2v) is 4.92. The first-order valence-electron chi connectivity index (χ1n) is 6.29. The first kappa shape index (κ1) is 13.8. The Hall–Kier alpha value is -1.62. The van der Waals surface area contributed by atoms with Crippen LogP contribution in [-0.4, -0.2) is 34.3 Å². The van der Waals surface area contributed by atoms with Gasteiger partial charge >= 0.3 is 0 Å². The Morgan fingerprint density at radius 3 is 3.00 bits per heavy atom. The van der Waals surface area contributed by atoms with Gasteiger partial charge in [0.05, 0.1) is 11.6 Å². The smallest absolute Gasteiger partial charge is 0.243 e. The van der Waals surface area contributed by atoms with Gasteiger partial charge in [-0.05, 0) is 18.1 Å². The van der Waals surface area contributed by atoms with Crippen LogP contribution in [0.1, 0.15) is 25.3 Å². The molecule has 0 aliphatic carbocycles. The largest absolute Gasteiger partial charge is 0.345 e. The van der Waals surface area contributed by atoms with Crippen molar-refractivity contribution in [2.24, 2.45) is 0 Å². The fourth-order valence-electron chi connectivity index (χ4n) is 2.17. The number of hydrogen-bond acceptors (Lipinski definition) is 3. The van der Waals surface area contributed by atoms with Crippen LogP contribution in [0.4, 0.5) is 0 Å². The van der Waals surface area contributed by atoms with E-state index >= 15 is 0 Å². The van der Waals surface area contributed by atoms with Crippen LogP contribution in [0.25, 0.3) is 0 Å². The number of carbonyl (C=O) groups is 2. The quantitative estimate of drug-likeness (QED) is 0.906. The van der Waals surface area contributed by atoms with Gasteiger partial charge < -0.3 is 10.2 Å². The summed E-state index contributed by atoms with van der Waals surface area (Å²) in [4.78, 5) is 29.4. The number of carbonyl (C=O) groups excluding carboxylic acids is 2. The summed E-state index contributed by atoms with van der Waals surface area (Å²) in [5.41, 5.74) is 0.806. The Morgan fingerprint density at radius 1 is 1.53 bits per heavy atom. The maximum Gasteiger partial charge on any atom is 0.243 e. The summed E-state index contributed by atoms with van der Waals surface area (Å²) in [7, 11) is 0. The van der Waals surface area contributed by atoms with Gasteiger partial charge in [0, 0.05) is 18.9 Å². The van der Waals surface area contributed by atoms with Gasteiger partial charge in [0.2, 0.25) is 11.8 Å². The molecule has 1 saturated heterocycles. The van der Waals surface area contributed by atoms with Crippen LogP contribution in [0.3, 0.4) is 0 Å². The van der Waals surface area contributed by atoms with Crippen molar-refractivity contribution in [3.8, 4) is 0 Å². The van der Waals surface area contributed by atoms with Gasteiger partial charge in [0.25, 0.3) is 0 Å². The third-order valence-corrected chi connectivity index (χ3v) is 3.51. The average molecular weight is 282 g/mol. The molecule has 1 fully saturated rings. The molecule has 2 heterocycles. The molecule has 2 amide bonds. The standard InChI is InChI=1S/C13H16ClN3O2/c1-2-3-11-13(19)16-7-12(18)17(11)8-9-4-5-15-6-10(9)14/h4-6,11H,2-3,7-8H2,1H3,(H,16,19). The Morgan fingerprint density at radius 2 is 2.32 bits per heavy atom. The Bertz CT molecular complexity index is 493. The zero-order chi connectivity index (χ0) is 13.8. The molecule has 0 bridgehead atoms. The van der Waals surface area contributed by atoms with E-state index in [2.05, 4.69) is 10.3 Å². The Balaban J connectivity index is 2.21. The third-order valence-electron chi connectivity index (χ3n) is 3.17. The predicted molar refractivity (Wildman–Crippen MR) is 71.5 cm³/mol. The lowest BCUT2D eigenvalue weighted by molar-refractivity contribution is -0.146. The molecule has 1 aliphatic rings. The van der Waals surface area contributed by atoms with E-state index in [1.165, 1.54) is 0 Å². The summed E-state index contributed by atoms with van der Waals surface area (Å²) >= 11 is 6.05. The second kappa shape index (κ2) is 6.02. The van der Waals surface area contributed by atoms with Crippen molar-refractivity contribution >= 4 is 23.4 Å². The highest BCUT2D eigenvalue weighted by Crippen LogP contribution is 2.20. The van der Waals surface area contributed by atoms with Crippen LogP contribution in [0.2, 0.25) is 5.02 Å². The van der Waals surface area contributed by atoms with E-state index < -0.39 is 6.04 Å². The van der Waals surface area contributed by atoms with Crippen molar-refractivity contribution in [1.29, 1.82) is 0 Å². The van der Waals surface area contributed by atoms with Gasteiger partial charge in [-0.15, -0.1) is 0 Å². The van der Waals surface area contributed by atoms with Crippen LogP contribution < -0.4 is 5.32 Å². The van der Waals surface area contributed by atoms with Gasteiger partial charge in [0.15, 0.2) is 0 Å². The molecule has 0 saturated carbocycles. The van der Waals surface area contributed by atoms with Crippen molar-refractivity contribution in [1.82, 2.24) is 15.2 Å². The summed E-state index contributed by atoms with van der Waals surface area (Å²) in [5.74, 6) is -0.169. The molecule has 0 spiro atoms. The van der Waals surface area contributed by atoms with Crippen LogP contribution in [0, 0.1) is 0 Å². The minimum atomic E-state index is -0.407. The molecule has 1 atom stereocenters. The first-order valence-corrected chi connectivity index (χ1v) is 6.67. The molecule has 1 N–H and O–H groups in total. The number of nitrogens with zero attached hydrogens (tertiary/aromatic N) is 2. The summed E-state index contributed by atoms with van der Waals surface area (Å²) in [6.45, 7) is 2.39. The first-order chi connectivity index (χ1) is 9.13. The van der Waals surface area contributed by atoms with E-state index in [4.69, 9.17) is 11.6 Å². The monoisotopic (exact) mass is 281 g/mol. The van der Waals surface area contributed by atoms with Gasteiger partial charge in [-0.25, -0.2) is 0 Å². The SMILES string of the molecule is CCCC1C(=O)NCC(=O)N1Cc1ccncc1Cl. The Labute approximate surface area is 117 Å². The number of amides is 2. The van der Waals surface area contributed by atoms with Gasteiger partial charge in [-0.2, -0.15) is 0 Å². The molecule has 1 aromatic heterocycles. The number of piperazine rings is 1. The van der Waals surface area contributed by atoms with E-state index in [0.717, 1.165) is 12.0 Å². The number of rotatable bonds is 4. The number of halogens is 1. The lowest BCUT2D eigenvalue weighted by Crippen LogP contribution is -2.57. The van der Waals surface area contributed by atoms with E-state index in [9.17, 15) is 9.59 Å². The fraction of sp³-hybridized carbons (Fsp3) is 0.462. The van der Waals surface area contributed by atoms with Crippen molar-refractivity contribution in [3.05, 3.63) is 29.0 Å². The van der Waals surface area contributed by atoms with Crippen molar-refractivity contribution in [3.63, 3.8) is 0 Å². The molecule has 0 aromatic carbocycles. The van der Waals surface area contributed by atoms with E-state index in [1.807, 2.05) is 6.92 Å². The second-order valence-electron chi connectivity index (χ2n) is 4.51. The third kappa shape index (κ3) is 3.04. The molecule has 1 unspecified atom stereocenters. The van der Waals surface area contributed by atoms with Gasteiger partial charge in [-0.1, -0.05) is 24.9 Å². The summed E-state index contributed by atoms with van der Waals surface area (Å²) < 4.78 is 0. The van der Waals surface area contributed by atoms with Crippen molar-refractivity contribution < 1.29 is 9.59 Å². The van der Waals surface area contributed by atoms with Crippen LogP contribution in [-0.2, 0) is 16.1 Å².